The molecule has 0 spiro atoms. The van der Waals surface area contributed by atoms with Gasteiger partial charge in [0, 0.05) is 0 Å². The van der Waals surface area contributed by atoms with Gasteiger partial charge in [0.2, 0.25) is 5.82 Å². The predicted octanol–water partition coefficient (Wildman–Crippen LogP) is -5.68. The van der Waals surface area contributed by atoms with Crippen LogP contribution in [0.3, 0.4) is 0 Å². The number of hydrogen-bond acceptors (Lipinski definition) is 16. The minimum atomic E-state index is -0.00116. The zero-order chi connectivity index (χ0) is 17.9. The van der Waals surface area contributed by atoms with Crippen molar-refractivity contribution in [2.45, 2.75) is 0 Å². The molecule has 3 aromatic heterocycles. The molecule has 18 nitrogen and oxygen atoms in total. The molecule has 128 valence electrons. The van der Waals surface area contributed by atoms with Crippen LogP contribution in [0.25, 0.3) is 11.5 Å². The van der Waals surface area contributed by atoms with E-state index < -0.39 is 0 Å². The Morgan fingerprint density at radius 2 is 1.72 bits per heavy atom. The van der Waals surface area contributed by atoms with Crippen molar-refractivity contribution in [2.75, 3.05) is 11.5 Å². The van der Waals surface area contributed by atoms with Gasteiger partial charge in [-0.15, -0.1) is 15.5 Å². The average molecular weight is 364 g/mol. The fourth-order valence-corrected chi connectivity index (χ4v) is 1.05. The maximum absolute atomic E-state index is 8.00. The summed E-state index contributed by atoms with van der Waals surface area (Å²) in [6, 6.07) is 0. The van der Waals surface area contributed by atoms with Gasteiger partial charge in [-0.1, -0.05) is 0 Å². The summed E-state index contributed by atoms with van der Waals surface area (Å²) in [6.45, 7) is 0. The van der Waals surface area contributed by atoms with E-state index in [-0.39, 0.29) is 58.5 Å². The van der Waals surface area contributed by atoms with Crippen molar-refractivity contribution in [3.63, 3.8) is 0 Å². The number of aromatic nitrogens is 8. The molecule has 3 rings (SSSR count). The van der Waals surface area contributed by atoms with E-state index in [1.807, 2.05) is 0 Å². The SMILES string of the molecule is N/N=C(\N)c1nonc1N.Nc1nonc1-c1nn[nH]n1.O=N[O-].[Na+]. The van der Waals surface area contributed by atoms with E-state index in [0.717, 1.165) is 5.34 Å². The summed E-state index contributed by atoms with van der Waals surface area (Å²) in [5.74, 6) is 5.32. The smallest absolute Gasteiger partial charge is 0.444 e. The summed E-state index contributed by atoms with van der Waals surface area (Å²) >= 11 is 0. The first-order chi connectivity index (χ1) is 11.5. The number of aromatic amines is 1. The van der Waals surface area contributed by atoms with Crippen LogP contribution in [0, 0.1) is 10.1 Å². The monoisotopic (exact) mass is 364 g/mol. The second-order valence-electron chi connectivity index (χ2n) is 3.32. The molecule has 0 saturated carbocycles. The van der Waals surface area contributed by atoms with Crippen molar-refractivity contribution in [2.24, 2.45) is 22.0 Å². The van der Waals surface area contributed by atoms with Gasteiger partial charge in [-0.3, -0.25) is 0 Å². The van der Waals surface area contributed by atoms with Crippen LogP contribution in [-0.4, -0.2) is 47.1 Å². The van der Waals surface area contributed by atoms with E-state index in [4.69, 9.17) is 33.2 Å². The Hall–Kier alpha value is -3.38. The van der Waals surface area contributed by atoms with Crippen LogP contribution >= 0.6 is 0 Å². The number of amidine groups is 1. The molecule has 0 unspecified atom stereocenters. The molecule has 0 bridgehead atoms. The van der Waals surface area contributed by atoms with Gasteiger partial charge in [0.25, 0.3) is 0 Å². The minimum absolute atomic E-state index is 0. The molecular formula is C6H9N14NaO4. The summed E-state index contributed by atoms with van der Waals surface area (Å²) in [6.07, 6.45) is 0. The maximum atomic E-state index is 8.00. The van der Waals surface area contributed by atoms with E-state index >= 15 is 0 Å². The summed E-state index contributed by atoms with van der Waals surface area (Å²) in [5, 5.41) is 38.4. The summed E-state index contributed by atoms with van der Waals surface area (Å²) < 4.78 is 8.55. The molecule has 0 atom stereocenters. The van der Waals surface area contributed by atoms with Gasteiger partial charge in [-0.2, -0.15) is 10.3 Å². The van der Waals surface area contributed by atoms with Crippen LogP contribution in [0.5, 0.6) is 0 Å². The van der Waals surface area contributed by atoms with Crippen molar-refractivity contribution in [3.8, 4) is 11.5 Å². The largest absolute Gasteiger partial charge is 1.00 e. The molecule has 3 aromatic rings. The van der Waals surface area contributed by atoms with Crippen LogP contribution in [0.1, 0.15) is 5.69 Å². The number of nitrogen functional groups attached to an aromatic ring is 2. The van der Waals surface area contributed by atoms with Gasteiger partial charge in [0.1, 0.15) is 0 Å². The number of nitrogens with zero attached hydrogens (tertiary/aromatic N) is 9. The first-order valence-corrected chi connectivity index (χ1v) is 5.43. The Morgan fingerprint density at radius 3 is 2.12 bits per heavy atom. The Morgan fingerprint density at radius 1 is 1.12 bits per heavy atom. The second-order valence-corrected chi connectivity index (χ2v) is 3.32. The summed E-state index contributed by atoms with van der Waals surface area (Å²) in [7, 11) is 0. The molecule has 25 heavy (non-hydrogen) atoms. The Labute approximate surface area is 158 Å². The van der Waals surface area contributed by atoms with Crippen LogP contribution < -0.4 is 52.6 Å². The normalized spacial score (nSPS) is 9.68. The summed E-state index contributed by atoms with van der Waals surface area (Å²) in [5.41, 5.74) is 16.3. The number of hydrazone groups is 1. The first-order valence-electron chi connectivity index (χ1n) is 5.43. The third-order valence-corrected chi connectivity index (χ3v) is 1.97. The molecule has 0 aliphatic carbocycles. The molecule has 0 saturated heterocycles. The molecule has 0 amide bonds. The zero-order valence-electron chi connectivity index (χ0n) is 12.5. The number of hydrogen-bond donors (Lipinski definition) is 5. The number of H-pyrrole nitrogens is 1. The topological polar surface area (TPSA) is 301 Å². The molecule has 0 aliphatic rings. The van der Waals surface area contributed by atoms with Gasteiger partial charge in [-0.05, 0) is 25.8 Å². The van der Waals surface area contributed by atoms with Gasteiger partial charge in [-0.25, -0.2) is 9.26 Å². The number of nitrogens with two attached hydrogens (primary N) is 4. The zero-order valence-corrected chi connectivity index (χ0v) is 14.5. The second kappa shape index (κ2) is 11.2. The fraction of sp³-hybridized carbons (Fsp3) is 0. The van der Waals surface area contributed by atoms with Gasteiger partial charge in [0.15, 0.2) is 28.9 Å². The summed E-state index contributed by atoms with van der Waals surface area (Å²) in [4.78, 5) is 8.00. The number of rotatable bonds is 2. The molecule has 9 N–H and O–H groups in total. The first kappa shape index (κ1) is 21.6. The van der Waals surface area contributed by atoms with E-state index in [1.165, 1.54) is 0 Å². The van der Waals surface area contributed by atoms with Gasteiger partial charge < -0.3 is 33.2 Å². The molecule has 0 fully saturated rings. The quantitative estimate of drug-likeness (QED) is 0.0706. The van der Waals surface area contributed by atoms with Crippen LogP contribution in [0.15, 0.2) is 19.7 Å². The van der Waals surface area contributed by atoms with E-state index in [0.29, 0.717) is 5.69 Å². The number of tetrazole rings is 1. The maximum Gasteiger partial charge on any atom is 1.00 e. The van der Waals surface area contributed by atoms with Crippen LogP contribution in [0.2, 0.25) is 0 Å². The molecule has 0 aliphatic heterocycles. The van der Waals surface area contributed by atoms with Crippen molar-refractivity contribution < 1.29 is 38.8 Å². The molecule has 0 radical (unpaired) electrons. The third kappa shape index (κ3) is 6.32. The Kier molecular flexibility index (Phi) is 9.69. The van der Waals surface area contributed by atoms with Crippen LogP contribution in [-0.2, 0) is 0 Å². The Balaban J connectivity index is 0.000000388. The van der Waals surface area contributed by atoms with Crippen molar-refractivity contribution in [1.82, 2.24) is 41.3 Å². The molecule has 19 heteroatoms. The Bertz CT molecular complexity index is 766. The minimum Gasteiger partial charge on any atom is -0.444 e. The standard InChI is InChI=1S/C3H3N7O.C3H6N6O.HNO2.Na/c4-2-1(7-11-8-2)3-5-9-10-6-3;4-2(7-6)1-3(5)9-10-8-1;2-1-3;/h(H2,4,8)(H,5,6,9,10);6H2,(H2,4,7)(H2,5,9);(H,2,3);/q;;;+1/p-1. The molecule has 3 heterocycles. The fourth-order valence-electron chi connectivity index (χ4n) is 1.05. The van der Waals surface area contributed by atoms with E-state index in [1.54, 1.807) is 0 Å². The third-order valence-electron chi connectivity index (χ3n) is 1.97. The molecule has 0 aromatic carbocycles. The van der Waals surface area contributed by atoms with Crippen molar-refractivity contribution in [1.29, 1.82) is 0 Å². The van der Waals surface area contributed by atoms with Gasteiger partial charge >= 0.3 is 29.6 Å². The molecular weight excluding hydrogens is 355 g/mol. The van der Waals surface area contributed by atoms with E-state index in [2.05, 4.69) is 55.6 Å². The van der Waals surface area contributed by atoms with Crippen molar-refractivity contribution in [3.05, 3.63) is 15.8 Å². The van der Waals surface area contributed by atoms with Crippen molar-refractivity contribution >= 4 is 17.5 Å². The number of nitrogens with one attached hydrogen (secondary N) is 1. The predicted molar refractivity (Wildman–Crippen MR) is 74.7 cm³/mol. The average Bonchev–Trinajstić information content (AvgIpc) is 3.29. The van der Waals surface area contributed by atoms with E-state index in [9.17, 15) is 0 Å². The van der Waals surface area contributed by atoms with Crippen LogP contribution in [0.4, 0.5) is 11.6 Å². The number of anilines is 2. The van der Waals surface area contributed by atoms with Gasteiger partial charge in [0.05, 0.1) is 0 Å².